The highest BCUT2D eigenvalue weighted by Crippen LogP contribution is 2.24. The Morgan fingerprint density at radius 2 is 2.27 bits per heavy atom. The molecule has 15 heavy (non-hydrogen) atoms. The van der Waals surface area contributed by atoms with Crippen molar-refractivity contribution in [3.63, 3.8) is 0 Å². The molecule has 1 atom stereocenters. The number of aryl methyl sites for hydroxylation is 1. The summed E-state index contributed by atoms with van der Waals surface area (Å²) in [5.41, 5.74) is 5.90. The molecule has 0 aliphatic heterocycles. The molecule has 1 aromatic heterocycles. The summed E-state index contributed by atoms with van der Waals surface area (Å²) in [6.45, 7) is 4.31. The van der Waals surface area contributed by atoms with Gasteiger partial charge in [-0.05, 0) is 25.5 Å². The van der Waals surface area contributed by atoms with Gasteiger partial charge in [-0.2, -0.15) is 0 Å². The lowest BCUT2D eigenvalue weighted by Crippen LogP contribution is -2.16. The number of ether oxygens (including phenoxy) is 1. The molecule has 0 saturated carbocycles. The van der Waals surface area contributed by atoms with Gasteiger partial charge in [0.25, 0.3) is 0 Å². The molecule has 0 aliphatic rings. The van der Waals surface area contributed by atoms with Crippen LogP contribution in [0.2, 0.25) is 0 Å². The van der Waals surface area contributed by atoms with E-state index in [9.17, 15) is 4.79 Å². The first-order valence-electron chi connectivity index (χ1n) is 5.17. The van der Waals surface area contributed by atoms with E-state index >= 15 is 0 Å². The molecule has 2 N–H and O–H groups in total. The van der Waals surface area contributed by atoms with Crippen LogP contribution in [0, 0.1) is 0 Å². The van der Waals surface area contributed by atoms with Crippen LogP contribution in [0.5, 0.6) is 0 Å². The Bertz CT molecular complexity index is 322. The van der Waals surface area contributed by atoms with Gasteiger partial charge in [0.2, 0.25) is 0 Å². The van der Waals surface area contributed by atoms with E-state index < -0.39 is 0 Å². The highest BCUT2D eigenvalue weighted by molar-refractivity contribution is 7.12. The van der Waals surface area contributed by atoms with Gasteiger partial charge < -0.3 is 10.5 Å². The normalized spacial score (nSPS) is 12.5. The summed E-state index contributed by atoms with van der Waals surface area (Å²) in [6.07, 6.45) is 1.27. The van der Waals surface area contributed by atoms with Gasteiger partial charge in [0.1, 0.15) is 0 Å². The van der Waals surface area contributed by atoms with Crippen LogP contribution in [0.15, 0.2) is 12.1 Å². The summed E-state index contributed by atoms with van der Waals surface area (Å²) in [5, 5.41) is 0. The second-order valence-corrected chi connectivity index (χ2v) is 4.47. The maximum atomic E-state index is 11.2. The smallest absolute Gasteiger partial charge is 0.307 e. The van der Waals surface area contributed by atoms with Gasteiger partial charge in [-0.15, -0.1) is 11.3 Å². The maximum absolute atomic E-state index is 11.2. The van der Waals surface area contributed by atoms with Crippen LogP contribution in [0.1, 0.15) is 36.1 Å². The van der Waals surface area contributed by atoms with Crippen molar-refractivity contribution in [2.24, 2.45) is 5.73 Å². The van der Waals surface area contributed by atoms with Crippen LogP contribution in [0.4, 0.5) is 0 Å². The molecule has 0 radical (unpaired) electrons. The van der Waals surface area contributed by atoms with Crippen molar-refractivity contribution in [2.45, 2.75) is 32.7 Å². The molecule has 0 fully saturated rings. The Morgan fingerprint density at radius 3 is 2.80 bits per heavy atom. The number of carbonyl (C=O) groups is 1. The van der Waals surface area contributed by atoms with Crippen LogP contribution >= 0.6 is 11.3 Å². The Kier molecular flexibility index (Phi) is 4.78. The zero-order chi connectivity index (χ0) is 11.3. The van der Waals surface area contributed by atoms with Gasteiger partial charge in [-0.3, -0.25) is 4.79 Å². The summed E-state index contributed by atoms with van der Waals surface area (Å²) >= 11 is 1.67. The van der Waals surface area contributed by atoms with Crippen molar-refractivity contribution in [3.8, 4) is 0 Å². The third kappa shape index (κ3) is 3.64. The monoisotopic (exact) mass is 227 g/mol. The number of esters is 1. The maximum Gasteiger partial charge on any atom is 0.307 e. The van der Waals surface area contributed by atoms with Crippen molar-refractivity contribution < 1.29 is 9.53 Å². The highest BCUT2D eigenvalue weighted by Gasteiger charge is 2.14. The Labute approximate surface area is 94.2 Å². The average molecular weight is 227 g/mol. The van der Waals surface area contributed by atoms with Crippen LogP contribution < -0.4 is 5.73 Å². The van der Waals surface area contributed by atoms with E-state index in [1.165, 1.54) is 4.88 Å². The quantitative estimate of drug-likeness (QED) is 0.785. The van der Waals surface area contributed by atoms with Gasteiger partial charge >= 0.3 is 5.97 Å². The number of nitrogens with two attached hydrogens (primary N) is 1. The number of hydrogen-bond donors (Lipinski definition) is 1. The molecule has 0 amide bonds. The molecule has 1 aromatic rings. The molecule has 0 aliphatic carbocycles. The lowest BCUT2D eigenvalue weighted by atomic mass is 10.2. The van der Waals surface area contributed by atoms with E-state index in [1.807, 2.05) is 6.07 Å². The third-order valence-electron chi connectivity index (χ3n) is 2.09. The Hall–Kier alpha value is -0.870. The van der Waals surface area contributed by atoms with Crippen molar-refractivity contribution in [1.82, 2.24) is 0 Å². The fourth-order valence-electron chi connectivity index (χ4n) is 1.28. The average Bonchev–Trinajstić information content (AvgIpc) is 2.66. The first-order valence-corrected chi connectivity index (χ1v) is 5.98. The highest BCUT2D eigenvalue weighted by atomic mass is 32.1. The second-order valence-electron chi connectivity index (χ2n) is 3.27. The lowest BCUT2D eigenvalue weighted by molar-refractivity contribution is -0.143. The van der Waals surface area contributed by atoms with Crippen molar-refractivity contribution >= 4 is 17.3 Å². The van der Waals surface area contributed by atoms with Crippen molar-refractivity contribution in [2.75, 3.05) is 6.61 Å². The lowest BCUT2D eigenvalue weighted by Gasteiger charge is -2.08. The molecular formula is C11H17NO2S. The molecule has 84 valence electrons. The summed E-state index contributed by atoms with van der Waals surface area (Å²) in [4.78, 5) is 13.6. The van der Waals surface area contributed by atoms with E-state index in [2.05, 4.69) is 13.0 Å². The molecular weight excluding hydrogens is 210 g/mol. The van der Waals surface area contributed by atoms with Gasteiger partial charge in [0.05, 0.1) is 13.0 Å². The second kappa shape index (κ2) is 5.88. The van der Waals surface area contributed by atoms with Crippen LogP contribution in [0.25, 0.3) is 0 Å². The summed E-state index contributed by atoms with van der Waals surface area (Å²) in [7, 11) is 0. The molecule has 0 saturated heterocycles. The topological polar surface area (TPSA) is 52.3 Å². The standard InChI is InChI=1S/C11H17NO2S/c1-3-8-5-6-10(15-8)9(12)7-11(13)14-4-2/h5-6,9H,3-4,7,12H2,1-2H3/t9-/m0/s1. The molecule has 0 aromatic carbocycles. The fraction of sp³-hybridized carbons (Fsp3) is 0.545. The minimum absolute atomic E-state index is 0.226. The number of hydrogen-bond acceptors (Lipinski definition) is 4. The predicted octanol–water partition coefficient (Wildman–Crippen LogP) is 2.26. The number of thiophene rings is 1. The minimum Gasteiger partial charge on any atom is -0.466 e. The zero-order valence-corrected chi connectivity index (χ0v) is 9.97. The van der Waals surface area contributed by atoms with E-state index in [1.54, 1.807) is 18.3 Å². The van der Waals surface area contributed by atoms with Gasteiger partial charge in [0, 0.05) is 15.8 Å². The molecule has 4 heteroatoms. The molecule has 1 rings (SSSR count). The largest absolute Gasteiger partial charge is 0.466 e. The molecule has 0 unspecified atom stereocenters. The molecule has 3 nitrogen and oxygen atoms in total. The Balaban J connectivity index is 2.52. The van der Waals surface area contributed by atoms with E-state index in [4.69, 9.17) is 10.5 Å². The predicted molar refractivity (Wildman–Crippen MR) is 61.9 cm³/mol. The third-order valence-corrected chi connectivity index (χ3v) is 3.45. The van der Waals surface area contributed by atoms with Gasteiger partial charge in [-0.1, -0.05) is 6.92 Å². The van der Waals surface area contributed by atoms with Gasteiger partial charge in [-0.25, -0.2) is 0 Å². The summed E-state index contributed by atoms with van der Waals surface area (Å²) < 4.78 is 4.85. The molecule has 0 spiro atoms. The van der Waals surface area contributed by atoms with Crippen molar-refractivity contribution in [1.29, 1.82) is 0 Å². The summed E-state index contributed by atoms with van der Waals surface area (Å²) in [6, 6.07) is 3.83. The van der Waals surface area contributed by atoms with E-state index in [-0.39, 0.29) is 18.4 Å². The zero-order valence-electron chi connectivity index (χ0n) is 9.16. The van der Waals surface area contributed by atoms with Crippen molar-refractivity contribution in [3.05, 3.63) is 21.9 Å². The first kappa shape index (κ1) is 12.2. The molecule has 0 bridgehead atoms. The van der Waals surface area contributed by atoms with Crippen LogP contribution in [-0.2, 0) is 16.0 Å². The van der Waals surface area contributed by atoms with E-state index in [0.717, 1.165) is 11.3 Å². The van der Waals surface area contributed by atoms with Crippen LogP contribution in [-0.4, -0.2) is 12.6 Å². The number of carbonyl (C=O) groups excluding carboxylic acids is 1. The van der Waals surface area contributed by atoms with E-state index in [0.29, 0.717) is 6.61 Å². The van der Waals surface area contributed by atoms with Crippen LogP contribution in [0.3, 0.4) is 0 Å². The molecule has 1 heterocycles. The SMILES string of the molecule is CCOC(=O)C[C@H](N)c1ccc(CC)s1. The van der Waals surface area contributed by atoms with Gasteiger partial charge in [0.15, 0.2) is 0 Å². The summed E-state index contributed by atoms with van der Waals surface area (Å²) in [5.74, 6) is -0.226. The Morgan fingerprint density at radius 1 is 1.53 bits per heavy atom. The number of rotatable bonds is 5. The fourth-order valence-corrected chi connectivity index (χ4v) is 2.24. The first-order chi connectivity index (χ1) is 7.17. The minimum atomic E-state index is -0.227.